The van der Waals surface area contributed by atoms with Gasteiger partial charge in [0, 0.05) is 28.5 Å². The molecule has 0 aliphatic rings. The second kappa shape index (κ2) is 6.73. The Balaban J connectivity index is 2.17. The Labute approximate surface area is 135 Å². The van der Waals surface area contributed by atoms with Crippen molar-refractivity contribution < 1.29 is 13.2 Å². The number of benzene rings is 1. The summed E-state index contributed by atoms with van der Waals surface area (Å²) in [7, 11) is -2.29. The summed E-state index contributed by atoms with van der Waals surface area (Å²) >= 11 is 4.71. The van der Waals surface area contributed by atoms with E-state index in [2.05, 4.69) is 25.6 Å². The molecule has 0 saturated heterocycles. The van der Waals surface area contributed by atoms with Gasteiger partial charge in [0.05, 0.1) is 18.3 Å². The van der Waals surface area contributed by atoms with Crippen molar-refractivity contribution in [3.63, 3.8) is 0 Å². The molecule has 0 aliphatic heterocycles. The van der Waals surface area contributed by atoms with E-state index in [1.807, 2.05) is 5.38 Å². The fourth-order valence-corrected chi connectivity index (χ4v) is 3.80. The minimum Gasteiger partial charge on any atom is -0.495 e. The Hall–Kier alpha value is -1.16. The molecule has 9 heteroatoms. The van der Waals surface area contributed by atoms with Crippen molar-refractivity contribution in [3.8, 4) is 5.75 Å². The second-order valence-electron chi connectivity index (χ2n) is 4.15. The van der Waals surface area contributed by atoms with Gasteiger partial charge in [0.25, 0.3) is 0 Å². The van der Waals surface area contributed by atoms with Gasteiger partial charge >= 0.3 is 0 Å². The molecule has 0 radical (unpaired) electrons. The van der Waals surface area contributed by atoms with Gasteiger partial charge in [0.1, 0.15) is 10.6 Å². The van der Waals surface area contributed by atoms with Crippen LogP contribution < -0.4 is 15.2 Å². The molecule has 0 aliphatic carbocycles. The molecule has 1 aromatic carbocycles. The van der Waals surface area contributed by atoms with Crippen molar-refractivity contribution in [1.82, 2.24) is 9.71 Å². The number of nitrogens with one attached hydrogen (secondary N) is 1. The molecule has 0 fully saturated rings. The van der Waals surface area contributed by atoms with Crippen molar-refractivity contribution in [2.24, 2.45) is 0 Å². The minimum absolute atomic E-state index is 0.0176. The maximum atomic E-state index is 12.3. The maximum absolute atomic E-state index is 12.3. The van der Waals surface area contributed by atoms with E-state index >= 15 is 0 Å². The van der Waals surface area contributed by atoms with Gasteiger partial charge in [-0.05, 0) is 28.1 Å². The van der Waals surface area contributed by atoms with Gasteiger partial charge in [-0.15, -0.1) is 11.3 Å². The molecule has 114 valence electrons. The molecule has 0 atom stereocenters. The Morgan fingerprint density at radius 3 is 2.86 bits per heavy atom. The minimum atomic E-state index is -3.70. The highest BCUT2D eigenvalue weighted by Crippen LogP contribution is 2.32. The third kappa shape index (κ3) is 3.94. The number of nitrogens with two attached hydrogens (primary N) is 1. The fourth-order valence-electron chi connectivity index (χ4n) is 1.67. The third-order valence-electron chi connectivity index (χ3n) is 2.73. The van der Waals surface area contributed by atoms with Crippen molar-refractivity contribution >= 4 is 43.0 Å². The van der Waals surface area contributed by atoms with Crippen LogP contribution in [0.3, 0.4) is 0 Å². The molecule has 0 unspecified atom stereocenters. The molecular weight excluding hydrogens is 378 g/mol. The zero-order valence-electron chi connectivity index (χ0n) is 11.2. The smallest absolute Gasteiger partial charge is 0.244 e. The number of anilines is 1. The number of nitrogens with zero attached hydrogens (tertiary/aromatic N) is 1. The van der Waals surface area contributed by atoms with Gasteiger partial charge in [-0.3, -0.25) is 0 Å². The average molecular weight is 392 g/mol. The van der Waals surface area contributed by atoms with Crippen molar-refractivity contribution in [3.05, 3.63) is 33.2 Å². The Morgan fingerprint density at radius 2 is 2.24 bits per heavy atom. The number of rotatable bonds is 6. The summed E-state index contributed by atoms with van der Waals surface area (Å²) in [6, 6.07) is 2.90. The summed E-state index contributed by atoms with van der Waals surface area (Å²) in [5, 5.41) is 1.88. The molecule has 0 bridgehead atoms. The number of halogens is 1. The molecule has 2 aromatic rings. The van der Waals surface area contributed by atoms with Crippen molar-refractivity contribution in [2.75, 3.05) is 19.4 Å². The SMILES string of the molecule is COc1cc(Br)c(N)cc1S(=O)(=O)NCCc1cscn1. The molecule has 21 heavy (non-hydrogen) atoms. The molecule has 0 saturated carbocycles. The standard InChI is InChI=1S/C12H14BrN3O3S2/c1-19-11-4-9(13)10(14)5-12(11)21(17,18)16-3-2-8-6-20-7-15-8/h4-7,16H,2-3,14H2,1H3. The van der Waals surface area contributed by atoms with Crippen LogP contribution >= 0.6 is 27.3 Å². The van der Waals surface area contributed by atoms with E-state index in [-0.39, 0.29) is 17.2 Å². The van der Waals surface area contributed by atoms with Gasteiger partial charge in [-0.2, -0.15) is 0 Å². The quantitative estimate of drug-likeness (QED) is 0.734. The average Bonchev–Trinajstić information content (AvgIpc) is 2.94. The Kier molecular flexibility index (Phi) is 5.20. The number of ether oxygens (including phenoxy) is 1. The largest absolute Gasteiger partial charge is 0.495 e. The third-order valence-corrected chi connectivity index (χ3v) is 5.53. The van der Waals surface area contributed by atoms with Crippen LogP contribution in [0.15, 0.2) is 32.4 Å². The van der Waals surface area contributed by atoms with E-state index < -0.39 is 10.0 Å². The van der Waals surface area contributed by atoms with Crippen LogP contribution in [0.2, 0.25) is 0 Å². The lowest BCUT2D eigenvalue weighted by Crippen LogP contribution is -2.26. The van der Waals surface area contributed by atoms with Crippen LogP contribution in [0.1, 0.15) is 5.69 Å². The van der Waals surface area contributed by atoms with E-state index in [0.29, 0.717) is 16.6 Å². The van der Waals surface area contributed by atoms with Crippen LogP contribution in [0.5, 0.6) is 5.75 Å². The van der Waals surface area contributed by atoms with Gasteiger partial charge in [0.15, 0.2) is 0 Å². The first-order valence-corrected chi connectivity index (χ1v) is 9.15. The molecule has 1 aromatic heterocycles. The van der Waals surface area contributed by atoms with Crippen LogP contribution in [-0.4, -0.2) is 27.1 Å². The fraction of sp³-hybridized carbons (Fsp3) is 0.250. The number of hydrogen-bond acceptors (Lipinski definition) is 6. The highest BCUT2D eigenvalue weighted by molar-refractivity contribution is 9.10. The molecule has 0 amide bonds. The lowest BCUT2D eigenvalue weighted by atomic mass is 10.3. The highest BCUT2D eigenvalue weighted by Gasteiger charge is 2.20. The summed E-state index contributed by atoms with van der Waals surface area (Å²) in [4.78, 5) is 4.12. The van der Waals surface area contributed by atoms with Crippen molar-refractivity contribution in [2.45, 2.75) is 11.3 Å². The maximum Gasteiger partial charge on any atom is 0.244 e. The van der Waals surface area contributed by atoms with E-state index in [0.717, 1.165) is 5.69 Å². The summed E-state index contributed by atoms with van der Waals surface area (Å²) in [5.41, 5.74) is 8.64. The predicted octanol–water partition coefficient (Wildman–Crippen LogP) is 2.02. The number of aromatic nitrogens is 1. The van der Waals surface area contributed by atoms with Crippen LogP contribution in [0.25, 0.3) is 0 Å². The van der Waals surface area contributed by atoms with E-state index in [1.54, 1.807) is 5.51 Å². The highest BCUT2D eigenvalue weighted by atomic mass is 79.9. The molecule has 0 spiro atoms. The molecule has 6 nitrogen and oxygen atoms in total. The number of thiazole rings is 1. The van der Waals surface area contributed by atoms with E-state index in [4.69, 9.17) is 10.5 Å². The molecular formula is C12H14BrN3O3S2. The van der Waals surface area contributed by atoms with Gasteiger partial charge < -0.3 is 10.5 Å². The van der Waals surface area contributed by atoms with Crippen LogP contribution in [0, 0.1) is 0 Å². The van der Waals surface area contributed by atoms with E-state index in [1.165, 1.54) is 30.6 Å². The molecule has 1 heterocycles. The topological polar surface area (TPSA) is 94.3 Å². The first kappa shape index (κ1) is 16.2. The lowest BCUT2D eigenvalue weighted by molar-refractivity contribution is 0.402. The second-order valence-corrected chi connectivity index (χ2v) is 7.46. The Morgan fingerprint density at radius 1 is 1.48 bits per heavy atom. The number of hydrogen-bond donors (Lipinski definition) is 2. The van der Waals surface area contributed by atoms with Gasteiger partial charge in [-0.25, -0.2) is 18.1 Å². The zero-order valence-corrected chi connectivity index (χ0v) is 14.4. The summed E-state index contributed by atoms with van der Waals surface area (Å²) in [5.74, 6) is 0.234. The molecule has 2 rings (SSSR count). The summed E-state index contributed by atoms with van der Waals surface area (Å²) in [6.07, 6.45) is 0.525. The van der Waals surface area contributed by atoms with Gasteiger partial charge in [-0.1, -0.05) is 0 Å². The summed E-state index contributed by atoms with van der Waals surface area (Å²) in [6.45, 7) is 0.255. The van der Waals surface area contributed by atoms with Crippen molar-refractivity contribution in [1.29, 1.82) is 0 Å². The predicted molar refractivity (Wildman–Crippen MR) is 86.1 cm³/mol. The molecule has 3 N–H and O–H groups in total. The van der Waals surface area contributed by atoms with Gasteiger partial charge in [0.2, 0.25) is 10.0 Å². The lowest BCUT2D eigenvalue weighted by Gasteiger charge is -2.12. The van der Waals surface area contributed by atoms with E-state index in [9.17, 15) is 8.42 Å². The van der Waals surface area contributed by atoms with Crippen LogP contribution in [-0.2, 0) is 16.4 Å². The number of sulfonamides is 1. The first-order valence-electron chi connectivity index (χ1n) is 5.94. The zero-order chi connectivity index (χ0) is 15.5. The monoisotopic (exact) mass is 391 g/mol. The van der Waals surface area contributed by atoms with Crippen LogP contribution in [0.4, 0.5) is 5.69 Å². The summed E-state index contributed by atoms with van der Waals surface area (Å²) < 4.78 is 32.9. The normalized spacial score (nSPS) is 11.5. The first-order chi connectivity index (χ1) is 9.94. The number of methoxy groups -OCH3 is 1. The Bertz CT molecular complexity index is 718. The number of nitrogen functional groups attached to an aromatic ring is 1.